The van der Waals surface area contributed by atoms with Gasteiger partial charge < -0.3 is 9.64 Å². The number of piperidine rings is 1. The normalized spacial score (nSPS) is 22.4. The maximum absolute atomic E-state index is 14.8. The third-order valence-corrected chi connectivity index (χ3v) is 7.93. The van der Waals surface area contributed by atoms with Crippen LogP contribution in [0.2, 0.25) is 5.02 Å². The summed E-state index contributed by atoms with van der Waals surface area (Å²) in [4.78, 5) is 10.7. The van der Waals surface area contributed by atoms with Crippen LogP contribution in [0.4, 0.5) is 14.7 Å². The molecule has 4 atom stereocenters. The van der Waals surface area contributed by atoms with E-state index in [1.807, 2.05) is 6.92 Å². The highest BCUT2D eigenvalue weighted by molar-refractivity contribution is 7.90. The van der Waals surface area contributed by atoms with Crippen LogP contribution >= 0.6 is 11.6 Å². The van der Waals surface area contributed by atoms with Crippen molar-refractivity contribution >= 4 is 27.4 Å². The Kier molecular flexibility index (Phi) is 5.72. The molecule has 1 aromatic heterocycles. The van der Waals surface area contributed by atoms with Crippen molar-refractivity contribution in [2.24, 2.45) is 17.8 Å². The summed E-state index contributed by atoms with van der Waals surface area (Å²) in [5.74, 6) is -0.452. The molecule has 2 aliphatic rings. The number of sulfone groups is 1. The monoisotopic (exact) mass is 505 g/mol. The zero-order chi connectivity index (χ0) is 24.2. The number of nitrogens with zero attached hydrogens (tertiary/aromatic N) is 3. The van der Waals surface area contributed by atoms with Gasteiger partial charge in [0.25, 0.3) is 0 Å². The first-order valence-electron chi connectivity index (χ1n) is 10.8. The van der Waals surface area contributed by atoms with E-state index in [0.29, 0.717) is 33.9 Å². The summed E-state index contributed by atoms with van der Waals surface area (Å²) < 4.78 is 58.6. The van der Waals surface area contributed by atoms with Crippen LogP contribution in [-0.2, 0) is 9.84 Å². The Balaban J connectivity index is 1.25. The largest absolute Gasteiger partial charge is 0.484 e. The van der Waals surface area contributed by atoms with Crippen LogP contribution < -0.4 is 9.64 Å². The van der Waals surface area contributed by atoms with Crippen molar-refractivity contribution in [3.05, 3.63) is 65.4 Å². The predicted molar refractivity (Wildman–Crippen MR) is 125 cm³/mol. The van der Waals surface area contributed by atoms with Gasteiger partial charge >= 0.3 is 0 Å². The van der Waals surface area contributed by atoms with Crippen molar-refractivity contribution in [2.75, 3.05) is 24.2 Å². The lowest BCUT2D eigenvalue weighted by molar-refractivity contribution is 0.167. The molecule has 2 aromatic carbocycles. The van der Waals surface area contributed by atoms with Crippen LogP contribution in [0.5, 0.6) is 5.75 Å². The van der Waals surface area contributed by atoms with Gasteiger partial charge in [0.1, 0.15) is 0 Å². The first-order chi connectivity index (χ1) is 16.1. The molecule has 2 heterocycles. The number of benzene rings is 2. The Morgan fingerprint density at radius 3 is 2.12 bits per heavy atom. The van der Waals surface area contributed by atoms with Gasteiger partial charge in [0.05, 0.1) is 28.4 Å². The van der Waals surface area contributed by atoms with E-state index in [2.05, 4.69) is 14.9 Å². The topological polar surface area (TPSA) is 72.4 Å². The number of fused-ring (bicyclic) bond motifs is 1. The summed E-state index contributed by atoms with van der Waals surface area (Å²) in [5, 5.41) is 0.481. The fourth-order valence-corrected chi connectivity index (χ4v) is 5.63. The number of hydrogen-bond donors (Lipinski definition) is 0. The van der Waals surface area contributed by atoms with Gasteiger partial charge in [-0.25, -0.2) is 27.2 Å². The average molecular weight is 506 g/mol. The minimum absolute atomic E-state index is 0.141. The van der Waals surface area contributed by atoms with Crippen molar-refractivity contribution in [2.45, 2.75) is 17.9 Å². The van der Waals surface area contributed by atoms with E-state index in [4.69, 9.17) is 16.3 Å². The van der Waals surface area contributed by atoms with E-state index < -0.39 is 27.2 Å². The zero-order valence-electron chi connectivity index (χ0n) is 18.5. The van der Waals surface area contributed by atoms with Crippen molar-refractivity contribution in [1.82, 2.24) is 9.97 Å². The van der Waals surface area contributed by atoms with Gasteiger partial charge in [-0.05, 0) is 54.2 Å². The molecule has 0 bridgehead atoms. The van der Waals surface area contributed by atoms with Crippen LogP contribution in [0.15, 0.2) is 53.7 Å². The highest BCUT2D eigenvalue weighted by atomic mass is 35.5. The number of aromatic nitrogens is 2. The van der Waals surface area contributed by atoms with Crippen molar-refractivity contribution in [3.8, 4) is 16.9 Å². The molecule has 1 aliphatic carbocycles. The zero-order valence-corrected chi connectivity index (χ0v) is 20.0. The molecule has 34 heavy (non-hydrogen) atoms. The third-order valence-electron chi connectivity index (χ3n) is 6.61. The second kappa shape index (κ2) is 8.46. The molecule has 0 N–H and O–H groups in total. The molecular formula is C24H22ClF2N3O3S. The molecule has 3 aromatic rings. The summed E-state index contributed by atoms with van der Waals surface area (Å²) in [5.41, 5.74) is 0.808. The highest BCUT2D eigenvalue weighted by Gasteiger charge is 2.59. The summed E-state index contributed by atoms with van der Waals surface area (Å²) in [6.45, 7) is 3.36. The lowest BCUT2D eigenvalue weighted by Crippen LogP contribution is -2.29. The van der Waals surface area contributed by atoms with Crippen LogP contribution in [0.25, 0.3) is 11.1 Å². The predicted octanol–water partition coefficient (Wildman–Crippen LogP) is 4.63. The van der Waals surface area contributed by atoms with E-state index >= 15 is 0 Å². The van der Waals surface area contributed by atoms with E-state index in [9.17, 15) is 17.2 Å². The standard InChI is InChI=1S/C24H22ClF2N3O3S/c1-13(22-18-11-30(12-19(18)22)24-28-9-16(25)10-29-24)33-23-20(26)7-15(8-21(23)27)14-3-5-17(6-4-14)34(2,31)32/h3-10,13,18-19,22H,11-12H2,1-2H3/t13-,18+,19?,22?/m1/s1. The van der Waals surface area contributed by atoms with Crippen molar-refractivity contribution < 1.29 is 21.9 Å². The van der Waals surface area contributed by atoms with Crippen LogP contribution in [-0.4, -0.2) is 43.8 Å². The number of ether oxygens (including phenoxy) is 1. The molecular weight excluding hydrogens is 484 g/mol. The molecule has 0 radical (unpaired) electrons. The second-order valence-corrected chi connectivity index (χ2v) is 11.4. The van der Waals surface area contributed by atoms with Gasteiger partial charge in [-0.2, -0.15) is 0 Å². The lowest BCUT2D eigenvalue weighted by Gasteiger charge is -2.23. The summed E-state index contributed by atoms with van der Waals surface area (Å²) in [6.07, 6.45) is 3.87. The molecule has 1 saturated carbocycles. The molecule has 10 heteroatoms. The van der Waals surface area contributed by atoms with E-state index in [-0.39, 0.29) is 16.9 Å². The maximum atomic E-state index is 14.8. The van der Waals surface area contributed by atoms with Crippen LogP contribution in [0.3, 0.4) is 0 Å². The highest BCUT2D eigenvalue weighted by Crippen LogP contribution is 2.54. The van der Waals surface area contributed by atoms with Gasteiger partial charge in [0.2, 0.25) is 5.95 Å². The fraction of sp³-hybridized carbons (Fsp3) is 0.333. The SMILES string of the molecule is C[C@@H](Oc1c(F)cc(-c2ccc(S(C)(=O)=O)cc2)cc1F)C1C2CN(c3ncc(Cl)cn3)C[C@@H]21. The molecule has 2 fully saturated rings. The molecule has 178 valence electrons. The second-order valence-electron chi connectivity index (χ2n) is 8.90. The van der Waals surface area contributed by atoms with Gasteiger partial charge in [-0.15, -0.1) is 0 Å². The number of anilines is 1. The number of halogens is 3. The smallest absolute Gasteiger partial charge is 0.225 e. The third kappa shape index (κ3) is 4.34. The number of rotatable bonds is 6. The van der Waals surface area contributed by atoms with Crippen molar-refractivity contribution in [1.29, 1.82) is 0 Å². The molecule has 5 rings (SSSR count). The fourth-order valence-electron chi connectivity index (χ4n) is 4.90. The summed E-state index contributed by atoms with van der Waals surface area (Å²) in [6, 6.07) is 8.28. The molecule has 1 aliphatic heterocycles. The molecule has 2 unspecified atom stereocenters. The van der Waals surface area contributed by atoms with Gasteiger partial charge in [0.15, 0.2) is 27.2 Å². The first kappa shape index (κ1) is 23.0. The quantitative estimate of drug-likeness (QED) is 0.486. The molecule has 0 spiro atoms. The van der Waals surface area contributed by atoms with Gasteiger partial charge in [-0.3, -0.25) is 0 Å². The average Bonchev–Trinajstić information content (AvgIpc) is 3.29. The molecule has 1 saturated heterocycles. The minimum atomic E-state index is -3.35. The molecule has 6 nitrogen and oxygen atoms in total. The number of hydrogen-bond acceptors (Lipinski definition) is 6. The Hall–Kier alpha value is -2.78. The minimum Gasteiger partial charge on any atom is -0.484 e. The summed E-state index contributed by atoms with van der Waals surface area (Å²) in [7, 11) is -3.35. The van der Waals surface area contributed by atoms with E-state index in [1.165, 1.54) is 36.4 Å². The lowest BCUT2D eigenvalue weighted by atomic mass is 10.1. The summed E-state index contributed by atoms with van der Waals surface area (Å²) >= 11 is 5.85. The van der Waals surface area contributed by atoms with Crippen LogP contribution in [0.1, 0.15) is 6.92 Å². The van der Waals surface area contributed by atoms with Gasteiger partial charge in [0, 0.05) is 25.3 Å². The van der Waals surface area contributed by atoms with Crippen LogP contribution in [0, 0.1) is 29.4 Å². The van der Waals surface area contributed by atoms with E-state index in [0.717, 1.165) is 19.3 Å². The first-order valence-corrected chi connectivity index (χ1v) is 13.1. The Morgan fingerprint density at radius 2 is 1.59 bits per heavy atom. The van der Waals surface area contributed by atoms with E-state index in [1.54, 1.807) is 12.4 Å². The molecule has 0 amide bonds. The Bertz CT molecular complexity index is 1300. The maximum Gasteiger partial charge on any atom is 0.225 e. The Labute approximate surface area is 201 Å². The van der Waals surface area contributed by atoms with Gasteiger partial charge in [-0.1, -0.05) is 23.7 Å². The van der Waals surface area contributed by atoms with Crippen molar-refractivity contribution in [3.63, 3.8) is 0 Å². The Morgan fingerprint density at radius 1 is 1.03 bits per heavy atom.